The smallest absolute Gasteiger partial charge is 0.258 e. The van der Waals surface area contributed by atoms with Crippen LogP contribution in [0.4, 0.5) is 5.69 Å². The topological polar surface area (TPSA) is 143 Å². The van der Waals surface area contributed by atoms with Crippen LogP contribution in [-0.4, -0.2) is 103 Å². The minimum Gasteiger partial charge on any atom is -0.475 e. The van der Waals surface area contributed by atoms with Crippen molar-refractivity contribution in [3.63, 3.8) is 0 Å². The molecule has 7 rings (SSSR count). The van der Waals surface area contributed by atoms with E-state index >= 15 is 0 Å². The Morgan fingerprint density at radius 3 is 2.48 bits per heavy atom. The number of methoxy groups -OCH3 is 1. The van der Waals surface area contributed by atoms with E-state index in [0.29, 0.717) is 36.1 Å². The number of ether oxygens (including phenoxy) is 2. The number of aromatic nitrogens is 6. The molecule has 2 aromatic carbocycles. The third-order valence-electron chi connectivity index (χ3n) is 9.52. The standard InChI is InChI=1S/C39H45N9O4/c1-25(2)48-24-41-37(45-48)29-8-6-27(7-9-29)28-14-17-47(18-15-28)35(49)22-46-19-16-39(23-46,51-5)38(50)42-31-11-12-33-32(20-31)36(44-43-33)30-10-13-34(40-21-30)52-26(3)4/h6-14,20-21,24-26H,15-19,22-23H2,1-5H3,(H,42,50)(H,43,44)/t39-/m0/s1/i22D2. The van der Waals surface area contributed by atoms with Crippen LogP contribution >= 0.6 is 0 Å². The Bertz CT molecular complexity index is 2180. The van der Waals surface area contributed by atoms with E-state index < -0.39 is 23.9 Å². The minimum atomic E-state index is -2.34. The largest absolute Gasteiger partial charge is 0.475 e. The van der Waals surface area contributed by atoms with Crippen molar-refractivity contribution in [2.75, 3.05) is 45.1 Å². The summed E-state index contributed by atoms with van der Waals surface area (Å²) in [4.78, 5) is 39.3. The first-order chi connectivity index (χ1) is 25.9. The second kappa shape index (κ2) is 14.7. The maximum atomic E-state index is 13.8. The molecule has 0 radical (unpaired) electrons. The first kappa shape index (κ1) is 32.5. The molecule has 13 heteroatoms. The minimum absolute atomic E-state index is 0.00433. The van der Waals surface area contributed by atoms with Gasteiger partial charge in [-0.1, -0.05) is 30.3 Å². The highest BCUT2D eigenvalue weighted by Crippen LogP contribution is 2.32. The fraction of sp³-hybridized carbons (Fsp3) is 0.385. The number of hydrogen-bond acceptors (Lipinski definition) is 9. The van der Waals surface area contributed by atoms with E-state index in [9.17, 15) is 9.59 Å². The van der Waals surface area contributed by atoms with Gasteiger partial charge >= 0.3 is 0 Å². The maximum Gasteiger partial charge on any atom is 0.258 e. The number of carbonyl (C=O) groups excluding carboxylic acids is 2. The normalized spacial score (nSPS) is 18.8. The molecular formula is C39H45N9O4. The molecule has 13 nitrogen and oxygen atoms in total. The van der Waals surface area contributed by atoms with Crippen molar-refractivity contribution in [1.82, 2.24) is 39.7 Å². The van der Waals surface area contributed by atoms with Crippen LogP contribution in [0.5, 0.6) is 5.88 Å². The third kappa shape index (κ3) is 7.32. The highest BCUT2D eigenvalue weighted by atomic mass is 16.5. The predicted molar refractivity (Wildman–Crippen MR) is 200 cm³/mol. The molecule has 2 aliphatic heterocycles. The molecule has 5 aromatic rings. The first-order valence-electron chi connectivity index (χ1n) is 18.6. The Labute approximate surface area is 305 Å². The first-order valence-corrected chi connectivity index (χ1v) is 17.6. The Hall–Kier alpha value is -5.40. The van der Waals surface area contributed by atoms with E-state index in [0.717, 1.165) is 33.2 Å². The highest BCUT2D eigenvalue weighted by Gasteiger charge is 2.45. The molecule has 2 N–H and O–H groups in total. The van der Waals surface area contributed by atoms with Crippen LogP contribution in [0.15, 0.2) is 73.2 Å². The summed E-state index contributed by atoms with van der Waals surface area (Å²) >= 11 is 0. The van der Waals surface area contributed by atoms with Gasteiger partial charge in [-0.05, 0) is 75.9 Å². The summed E-state index contributed by atoms with van der Waals surface area (Å²) in [5.41, 5.74) is 4.46. The van der Waals surface area contributed by atoms with Crippen molar-refractivity contribution in [3.05, 3.63) is 78.8 Å². The lowest BCUT2D eigenvalue weighted by Gasteiger charge is -2.30. The van der Waals surface area contributed by atoms with E-state index in [2.05, 4.69) is 44.4 Å². The van der Waals surface area contributed by atoms with Gasteiger partial charge in [-0.3, -0.25) is 19.6 Å². The number of H-pyrrole nitrogens is 1. The molecule has 0 unspecified atom stereocenters. The van der Waals surface area contributed by atoms with Crippen LogP contribution in [0.2, 0.25) is 0 Å². The number of anilines is 1. The number of benzene rings is 2. The summed E-state index contributed by atoms with van der Waals surface area (Å²) < 4.78 is 31.1. The highest BCUT2D eigenvalue weighted by molar-refractivity contribution is 6.01. The van der Waals surface area contributed by atoms with Gasteiger partial charge in [0.05, 0.1) is 20.9 Å². The Balaban J connectivity index is 0.989. The Kier molecular flexibility index (Phi) is 9.18. The number of aromatic amines is 1. The van der Waals surface area contributed by atoms with E-state index in [1.807, 2.05) is 67.1 Å². The second-order valence-electron chi connectivity index (χ2n) is 13.8. The monoisotopic (exact) mass is 705 g/mol. The van der Waals surface area contributed by atoms with Crippen LogP contribution in [0.1, 0.15) is 54.9 Å². The van der Waals surface area contributed by atoms with Crippen LogP contribution in [-0.2, 0) is 14.3 Å². The zero-order valence-corrected chi connectivity index (χ0v) is 30.1. The van der Waals surface area contributed by atoms with E-state index in [1.165, 1.54) is 16.9 Å². The number of hydrogen-bond donors (Lipinski definition) is 2. The summed E-state index contributed by atoms with van der Waals surface area (Å²) in [6, 6.07) is 17.4. The van der Waals surface area contributed by atoms with Gasteiger partial charge in [-0.15, -0.1) is 0 Å². The Morgan fingerprint density at radius 2 is 1.81 bits per heavy atom. The summed E-state index contributed by atoms with van der Waals surface area (Å²) in [6.45, 7) is 6.38. The number of nitrogens with one attached hydrogen (secondary N) is 2. The van der Waals surface area contributed by atoms with Gasteiger partial charge in [0.25, 0.3) is 5.91 Å². The number of pyridine rings is 1. The van der Waals surface area contributed by atoms with Crippen molar-refractivity contribution in [2.45, 2.75) is 58.3 Å². The molecule has 0 aliphatic carbocycles. The van der Waals surface area contributed by atoms with Crippen molar-refractivity contribution in [2.24, 2.45) is 0 Å². The van der Waals surface area contributed by atoms with E-state index in [4.69, 9.17) is 12.2 Å². The van der Waals surface area contributed by atoms with Gasteiger partial charge in [0.1, 0.15) is 12.0 Å². The van der Waals surface area contributed by atoms with Crippen LogP contribution < -0.4 is 10.1 Å². The number of fused-ring (bicyclic) bond motifs is 1. The molecule has 52 heavy (non-hydrogen) atoms. The summed E-state index contributed by atoms with van der Waals surface area (Å²) in [6.07, 6.45) is 6.21. The molecule has 0 saturated carbocycles. The quantitative estimate of drug-likeness (QED) is 0.180. The molecule has 0 spiro atoms. The molecule has 2 amide bonds. The Morgan fingerprint density at radius 1 is 1.02 bits per heavy atom. The molecule has 1 atom stereocenters. The van der Waals surface area contributed by atoms with Crippen molar-refractivity contribution in [3.8, 4) is 28.5 Å². The second-order valence-corrected chi connectivity index (χ2v) is 13.8. The molecule has 0 bridgehead atoms. The van der Waals surface area contributed by atoms with E-state index in [1.54, 1.807) is 24.7 Å². The van der Waals surface area contributed by atoms with E-state index in [-0.39, 0.29) is 38.2 Å². The molecule has 1 fully saturated rings. The van der Waals surface area contributed by atoms with Crippen LogP contribution in [0, 0.1) is 0 Å². The fourth-order valence-corrected chi connectivity index (χ4v) is 6.52. The molecule has 3 aromatic heterocycles. The molecule has 1 saturated heterocycles. The third-order valence-corrected chi connectivity index (χ3v) is 9.52. The molecule has 5 heterocycles. The van der Waals surface area contributed by atoms with Gasteiger partial charge in [0.15, 0.2) is 11.4 Å². The lowest BCUT2D eigenvalue weighted by Crippen LogP contribution is -2.48. The summed E-state index contributed by atoms with van der Waals surface area (Å²) in [5, 5.41) is 15.8. The number of nitrogens with zero attached hydrogens (tertiary/aromatic N) is 7. The van der Waals surface area contributed by atoms with Gasteiger partial charge in [-0.25, -0.2) is 14.6 Å². The van der Waals surface area contributed by atoms with Gasteiger partial charge in [-0.2, -0.15) is 10.2 Å². The summed E-state index contributed by atoms with van der Waals surface area (Å²) in [5.74, 6) is 0.135. The van der Waals surface area contributed by atoms with Gasteiger partial charge in [0, 0.05) is 73.8 Å². The zero-order valence-electron chi connectivity index (χ0n) is 32.1. The maximum absolute atomic E-state index is 13.8. The lowest BCUT2D eigenvalue weighted by molar-refractivity contribution is -0.138. The van der Waals surface area contributed by atoms with Crippen molar-refractivity contribution in [1.29, 1.82) is 0 Å². The van der Waals surface area contributed by atoms with Gasteiger partial charge < -0.3 is 19.7 Å². The van der Waals surface area contributed by atoms with Crippen molar-refractivity contribution < 1.29 is 21.8 Å². The fourth-order valence-electron chi connectivity index (χ4n) is 6.52. The number of likely N-dealkylation sites (tertiary alicyclic amines) is 1. The molecule has 270 valence electrons. The predicted octanol–water partition coefficient (Wildman–Crippen LogP) is 5.60. The molecular weight excluding hydrogens is 658 g/mol. The molecule has 2 aliphatic rings. The number of carbonyl (C=O) groups is 2. The number of rotatable bonds is 11. The average Bonchev–Trinajstić information content (AvgIpc) is 3.95. The van der Waals surface area contributed by atoms with Crippen molar-refractivity contribution >= 4 is 34.0 Å². The summed E-state index contributed by atoms with van der Waals surface area (Å²) in [7, 11) is 1.44. The zero-order chi connectivity index (χ0) is 38.2. The van der Waals surface area contributed by atoms with Crippen LogP contribution in [0.3, 0.4) is 0 Å². The average molecular weight is 706 g/mol. The van der Waals surface area contributed by atoms with Crippen LogP contribution in [0.25, 0.3) is 39.1 Å². The number of amides is 2. The lowest BCUT2D eigenvalue weighted by atomic mass is 9.98. The SMILES string of the molecule is [2H]C([2H])(C(=O)N1CC=C(c2ccc(-c3ncn(C(C)C)n3)cc2)CC1)N1CC[C@@](OC)(C(=O)Nc2ccc3[nH]nc(-c4ccc(OC(C)C)nc4)c3c2)C1. The van der Waals surface area contributed by atoms with Gasteiger partial charge in [0.2, 0.25) is 11.8 Å².